The SMILES string of the molecule is O=C(CSC1=NS(=O)(=O)c2ccccc2N1)Nc1nc2ccccc2s1. The van der Waals surface area contributed by atoms with Gasteiger partial charge in [-0.25, -0.2) is 4.98 Å². The van der Waals surface area contributed by atoms with Gasteiger partial charge in [-0.3, -0.25) is 4.79 Å². The van der Waals surface area contributed by atoms with Crippen molar-refractivity contribution in [2.45, 2.75) is 4.90 Å². The zero-order chi connectivity index (χ0) is 18.1. The number of para-hydroxylation sites is 2. The number of anilines is 2. The Bertz CT molecular complexity index is 1110. The van der Waals surface area contributed by atoms with Crippen molar-refractivity contribution >= 4 is 65.2 Å². The van der Waals surface area contributed by atoms with Crippen LogP contribution >= 0.6 is 23.1 Å². The average Bonchev–Trinajstić information content (AvgIpc) is 3.01. The molecule has 1 aliphatic rings. The lowest BCUT2D eigenvalue weighted by atomic mass is 10.3. The Balaban J connectivity index is 1.42. The highest BCUT2D eigenvalue weighted by atomic mass is 32.2. The van der Waals surface area contributed by atoms with Crippen molar-refractivity contribution in [2.75, 3.05) is 16.4 Å². The van der Waals surface area contributed by atoms with E-state index < -0.39 is 10.0 Å². The highest BCUT2D eigenvalue weighted by Gasteiger charge is 2.24. The average molecular weight is 404 g/mol. The predicted octanol–water partition coefficient (Wildman–Crippen LogP) is 3.14. The Morgan fingerprint density at radius 1 is 1.15 bits per heavy atom. The second-order valence-corrected chi connectivity index (χ2v) is 8.88. The van der Waals surface area contributed by atoms with Gasteiger partial charge in [0.1, 0.15) is 4.90 Å². The number of thiazole rings is 1. The molecule has 1 aliphatic heterocycles. The van der Waals surface area contributed by atoms with Crippen molar-refractivity contribution in [3.8, 4) is 0 Å². The number of hydrogen-bond donors (Lipinski definition) is 2. The van der Waals surface area contributed by atoms with Crippen LogP contribution in [0.25, 0.3) is 10.2 Å². The molecule has 132 valence electrons. The number of amides is 1. The first-order valence-corrected chi connectivity index (χ1v) is 10.7. The molecule has 4 rings (SSSR count). The summed E-state index contributed by atoms with van der Waals surface area (Å²) < 4.78 is 29.0. The highest BCUT2D eigenvalue weighted by molar-refractivity contribution is 8.15. The Morgan fingerprint density at radius 3 is 2.77 bits per heavy atom. The monoisotopic (exact) mass is 404 g/mol. The highest BCUT2D eigenvalue weighted by Crippen LogP contribution is 2.29. The van der Waals surface area contributed by atoms with E-state index in [9.17, 15) is 13.2 Å². The van der Waals surface area contributed by atoms with Gasteiger partial charge in [0, 0.05) is 0 Å². The number of aromatic nitrogens is 1. The molecule has 7 nitrogen and oxygen atoms in total. The molecule has 3 aromatic rings. The van der Waals surface area contributed by atoms with E-state index in [1.165, 1.54) is 17.4 Å². The van der Waals surface area contributed by atoms with Crippen LogP contribution in [0.3, 0.4) is 0 Å². The summed E-state index contributed by atoms with van der Waals surface area (Å²) in [5.41, 5.74) is 1.28. The van der Waals surface area contributed by atoms with Gasteiger partial charge in [0.2, 0.25) is 5.91 Å². The van der Waals surface area contributed by atoms with Gasteiger partial charge in [-0.1, -0.05) is 47.4 Å². The van der Waals surface area contributed by atoms with Crippen molar-refractivity contribution in [3.63, 3.8) is 0 Å². The van der Waals surface area contributed by atoms with Crippen LogP contribution in [0.5, 0.6) is 0 Å². The number of sulfonamides is 1. The second-order valence-electron chi connectivity index (χ2n) is 5.32. The maximum Gasteiger partial charge on any atom is 0.286 e. The largest absolute Gasteiger partial charge is 0.333 e. The van der Waals surface area contributed by atoms with Crippen molar-refractivity contribution in [2.24, 2.45) is 4.40 Å². The van der Waals surface area contributed by atoms with Crippen LogP contribution in [-0.4, -0.2) is 30.2 Å². The zero-order valence-electron chi connectivity index (χ0n) is 13.2. The Labute approximate surface area is 157 Å². The molecule has 0 spiro atoms. The minimum Gasteiger partial charge on any atom is -0.333 e. The van der Waals surface area contributed by atoms with Gasteiger partial charge < -0.3 is 10.6 Å². The standard InChI is InChI=1S/C16H12N4O3S3/c21-14(19-15-17-10-5-1-3-7-12(10)25-15)9-24-16-18-11-6-2-4-8-13(11)26(22,23)20-16/h1-8H,9H2,(H,18,20)(H,17,19,21). The normalized spacial score (nSPS) is 15.0. The number of nitrogens with one attached hydrogen (secondary N) is 2. The Morgan fingerprint density at radius 2 is 1.92 bits per heavy atom. The van der Waals surface area contributed by atoms with E-state index in [1.807, 2.05) is 24.3 Å². The number of fused-ring (bicyclic) bond motifs is 2. The number of rotatable bonds is 3. The number of thioether (sulfide) groups is 1. The third-order valence-electron chi connectivity index (χ3n) is 3.49. The smallest absolute Gasteiger partial charge is 0.286 e. The molecule has 26 heavy (non-hydrogen) atoms. The van der Waals surface area contributed by atoms with Crippen LogP contribution in [0.2, 0.25) is 0 Å². The van der Waals surface area contributed by atoms with E-state index in [1.54, 1.807) is 18.2 Å². The van der Waals surface area contributed by atoms with Crippen LogP contribution in [0.1, 0.15) is 0 Å². The third-order valence-corrected chi connectivity index (χ3v) is 6.77. The second kappa shape index (κ2) is 6.71. The van der Waals surface area contributed by atoms with Gasteiger partial charge in [-0.2, -0.15) is 8.42 Å². The van der Waals surface area contributed by atoms with Crippen LogP contribution in [0.4, 0.5) is 10.8 Å². The van der Waals surface area contributed by atoms with E-state index in [0.29, 0.717) is 10.8 Å². The maximum absolute atomic E-state index is 12.2. The summed E-state index contributed by atoms with van der Waals surface area (Å²) in [5.74, 6) is -0.269. The summed E-state index contributed by atoms with van der Waals surface area (Å²) in [4.78, 5) is 16.6. The van der Waals surface area contributed by atoms with E-state index in [-0.39, 0.29) is 21.7 Å². The van der Waals surface area contributed by atoms with Crippen LogP contribution in [0.15, 0.2) is 57.8 Å². The minimum absolute atomic E-state index is 0.0133. The van der Waals surface area contributed by atoms with E-state index in [4.69, 9.17) is 0 Å². The van der Waals surface area contributed by atoms with Crippen LogP contribution in [-0.2, 0) is 14.8 Å². The molecule has 0 atom stereocenters. The minimum atomic E-state index is -3.75. The molecule has 0 bridgehead atoms. The van der Waals surface area contributed by atoms with Crippen molar-refractivity contribution in [1.29, 1.82) is 0 Å². The molecule has 0 unspecified atom stereocenters. The first-order valence-electron chi connectivity index (χ1n) is 7.50. The quantitative estimate of drug-likeness (QED) is 0.696. The summed E-state index contributed by atoms with van der Waals surface area (Å²) in [5, 5.41) is 6.34. The lowest BCUT2D eigenvalue weighted by Gasteiger charge is -2.17. The molecule has 0 aliphatic carbocycles. The maximum atomic E-state index is 12.2. The first-order chi connectivity index (χ1) is 12.5. The van der Waals surface area contributed by atoms with Crippen molar-refractivity contribution in [1.82, 2.24) is 4.98 Å². The summed E-state index contributed by atoms with van der Waals surface area (Å²) in [6, 6.07) is 14.1. The molecule has 0 radical (unpaired) electrons. The lowest BCUT2D eigenvalue weighted by Crippen LogP contribution is -2.22. The van der Waals surface area contributed by atoms with Crippen LogP contribution < -0.4 is 10.6 Å². The summed E-state index contributed by atoms with van der Waals surface area (Å²) in [6.45, 7) is 0. The lowest BCUT2D eigenvalue weighted by molar-refractivity contribution is -0.113. The summed E-state index contributed by atoms with van der Waals surface area (Å²) in [6.07, 6.45) is 0. The number of hydrogen-bond acceptors (Lipinski definition) is 7. The number of nitrogens with zero attached hydrogens (tertiary/aromatic N) is 2. The number of carbonyl (C=O) groups is 1. The van der Waals surface area contributed by atoms with Crippen molar-refractivity contribution in [3.05, 3.63) is 48.5 Å². The molecule has 0 fully saturated rings. The summed E-state index contributed by atoms with van der Waals surface area (Å²) >= 11 is 2.41. The molecular weight excluding hydrogens is 392 g/mol. The number of amidine groups is 1. The third kappa shape index (κ3) is 3.43. The number of benzene rings is 2. The topological polar surface area (TPSA) is 101 Å². The molecule has 2 heterocycles. The van der Waals surface area contributed by atoms with Gasteiger partial charge in [0.15, 0.2) is 10.3 Å². The van der Waals surface area contributed by atoms with E-state index in [2.05, 4.69) is 20.0 Å². The molecule has 1 aromatic heterocycles. The Hall–Kier alpha value is -2.43. The number of carbonyl (C=O) groups excluding carboxylic acids is 1. The molecular formula is C16H12N4O3S3. The van der Waals surface area contributed by atoms with Gasteiger partial charge in [0.25, 0.3) is 10.0 Å². The van der Waals surface area contributed by atoms with Gasteiger partial charge >= 0.3 is 0 Å². The zero-order valence-corrected chi connectivity index (χ0v) is 15.6. The molecule has 0 saturated heterocycles. The fourth-order valence-electron chi connectivity index (χ4n) is 2.37. The van der Waals surface area contributed by atoms with Crippen molar-refractivity contribution < 1.29 is 13.2 Å². The fraction of sp³-hybridized carbons (Fsp3) is 0.0625. The molecule has 10 heteroatoms. The van der Waals surface area contributed by atoms with E-state index >= 15 is 0 Å². The van der Waals surface area contributed by atoms with Gasteiger partial charge in [0.05, 0.1) is 21.7 Å². The fourth-order valence-corrected chi connectivity index (χ4v) is 5.29. The Kier molecular flexibility index (Phi) is 4.39. The molecule has 0 saturated carbocycles. The molecule has 2 aromatic carbocycles. The predicted molar refractivity (Wildman–Crippen MR) is 105 cm³/mol. The van der Waals surface area contributed by atoms with Gasteiger partial charge in [-0.05, 0) is 24.3 Å². The summed E-state index contributed by atoms with van der Waals surface area (Å²) in [7, 11) is -3.75. The molecule has 2 N–H and O–H groups in total. The molecule has 1 amide bonds. The van der Waals surface area contributed by atoms with E-state index in [0.717, 1.165) is 22.0 Å². The first kappa shape index (κ1) is 17.0. The van der Waals surface area contributed by atoms with Crippen LogP contribution in [0, 0.1) is 0 Å². The van der Waals surface area contributed by atoms with Gasteiger partial charge in [-0.15, -0.1) is 4.40 Å².